The van der Waals surface area contributed by atoms with Gasteiger partial charge in [0.05, 0.1) is 11.6 Å². The summed E-state index contributed by atoms with van der Waals surface area (Å²) >= 11 is 3.42. The number of methoxy groups -OCH3 is 1. The van der Waals surface area contributed by atoms with E-state index in [1.165, 1.54) is 0 Å². The quantitative estimate of drug-likeness (QED) is 0.827. The van der Waals surface area contributed by atoms with E-state index in [4.69, 9.17) is 9.15 Å². The van der Waals surface area contributed by atoms with E-state index in [-0.39, 0.29) is 0 Å². The Bertz CT molecular complexity index is 464. The summed E-state index contributed by atoms with van der Waals surface area (Å²) in [5, 5.41) is 0. The molecule has 1 aromatic carbocycles. The molecule has 0 radical (unpaired) electrons. The lowest BCUT2D eigenvalue weighted by molar-refractivity contribution is 0.415. The van der Waals surface area contributed by atoms with Gasteiger partial charge in [-0.2, -0.15) is 0 Å². The molecule has 0 aliphatic carbocycles. The molecule has 0 saturated carbocycles. The second-order valence-corrected chi connectivity index (χ2v) is 3.77. The van der Waals surface area contributed by atoms with E-state index in [0.29, 0.717) is 0 Å². The molecule has 1 aromatic heterocycles. The molecule has 0 fully saturated rings. The van der Waals surface area contributed by atoms with Crippen molar-refractivity contribution in [2.75, 3.05) is 7.11 Å². The van der Waals surface area contributed by atoms with Crippen LogP contribution in [0.1, 0.15) is 12.8 Å². The third-order valence-electron chi connectivity index (χ3n) is 2.00. The van der Waals surface area contributed by atoms with Crippen LogP contribution in [0.3, 0.4) is 0 Å². The van der Waals surface area contributed by atoms with E-state index in [2.05, 4.69) is 20.9 Å². The van der Waals surface area contributed by atoms with Gasteiger partial charge in [-0.1, -0.05) is 6.92 Å². The van der Waals surface area contributed by atoms with Crippen LogP contribution >= 0.6 is 15.9 Å². The summed E-state index contributed by atoms with van der Waals surface area (Å²) in [5.74, 6) is 1.52. The summed E-state index contributed by atoms with van der Waals surface area (Å²) in [6, 6.07) is 3.73. The highest BCUT2D eigenvalue weighted by molar-refractivity contribution is 9.10. The Balaban J connectivity index is 2.67. The monoisotopic (exact) mass is 255 g/mol. The lowest BCUT2D eigenvalue weighted by Gasteiger charge is -1.98. The van der Waals surface area contributed by atoms with Gasteiger partial charge in [0.25, 0.3) is 0 Å². The molecule has 3 nitrogen and oxygen atoms in total. The van der Waals surface area contributed by atoms with Gasteiger partial charge in [0, 0.05) is 12.5 Å². The number of hydrogen-bond donors (Lipinski definition) is 0. The van der Waals surface area contributed by atoms with Crippen LogP contribution in [0, 0.1) is 0 Å². The smallest absolute Gasteiger partial charge is 0.195 e. The first-order chi connectivity index (χ1) is 6.74. The molecule has 2 rings (SSSR count). The first kappa shape index (κ1) is 9.52. The molecule has 2 aromatic rings. The minimum Gasteiger partial charge on any atom is -0.497 e. The Labute approximate surface area is 90.2 Å². The van der Waals surface area contributed by atoms with E-state index in [1.54, 1.807) is 7.11 Å². The van der Waals surface area contributed by atoms with Gasteiger partial charge in [0.15, 0.2) is 11.5 Å². The standard InChI is InChI=1S/C10H10BrNO2/c1-3-9-12-8-5-6(13-2)4-7(11)10(8)14-9/h4-5H,3H2,1-2H3. The number of hydrogen-bond acceptors (Lipinski definition) is 3. The normalized spacial score (nSPS) is 10.8. The van der Waals surface area contributed by atoms with Crippen molar-refractivity contribution in [2.45, 2.75) is 13.3 Å². The van der Waals surface area contributed by atoms with Gasteiger partial charge in [-0.3, -0.25) is 0 Å². The minimum atomic E-state index is 0.744. The molecule has 0 unspecified atom stereocenters. The number of aromatic nitrogens is 1. The number of oxazole rings is 1. The number of halogens is 1. The van der Waals surface area contributed by atoms with Crippen molar-refractivity contribution in [3.05, 3.63) is 22.5 Å². The molecule has 0 aliphatic rings. The zero-order chi connectivity index (χ0) is 10.1. The second kappa shape index (κ2) is 3.61. The van der Waals surface area contributed by atoms with Crippen molar-refractivity contribution in [1.29, 1.82) is 0 Å². The summed E-state index contributed by atoms with van der Waals surface area (Å²) < 4.78 is 11.5. The van der Waals surface area contributed by atoms with Crippen molar-refractivity contribution >= 4 is 27.0 Å². The van der Waals surface area contributed by atoms with Crippen molar-refractivity contribution in [2.24, 2.45) is 0 Å². The van der Waals surface area contributed by atoms with E-state index < -0.39 is 0 Å². The van der Waals surface area contributed by atoms with Crippen LogP contribution in [0.5, 0.6) is 5.75 Å². The Morgan fingerprint density at radius 3 is 2.93 bits per heavy atom. The van der Waals surface area contributed by atoms with Gasteiger partial charge >= 0.3 is 0 Å². The van der Waals surface area contributed by atoms with Gasteiger partial charge in [0.2, 0.25) is 0 Å². The number of ether oxygens (including phenoxy) is 1. The highest BCUT2D eigenvalue weighted by Crippen LogP contribution is 2.29. The third kappa shape index (κ3) is 1.50. The maximum Gasteiger partial charge on any atom is 0.195 e. The summed E-state index contributed by atoms with van der Waals surface area (Å²) in [6.45, 7) is 2.01. The molecule has 74 valence electrons. The first-order valence-corrected chi connectivity index (χ1v) is 5.17. The van der Waals surface area contributed by atoms with E-state index in [0.717, 1.165) is 33.6 Å². The summed E-state index contributed by atoms with van der Waals surface area (Å²) in [6.07, 6.45) is 0.795. The predicted octanol–water partition coefficient (Wildman–Crippen LogP) is 3.16. The fourth-order valence-electron chi connectivity index (χ4n) is 1.28. The summed E-state index contributed by atoms with van der Waals surface area (Å²) in [4.78, 5) is 4.32. The maximum atomic E-state index is 5.53. The fraction of sp³-hybridized carbons (Fsp3) is 0.300. The van der Waals surface area contributed by atoms with Gasteiger partial charge in [-0.25, -0.2) is 4.98 Å². The zero-order valence-electron chi connectivity index (χ0n) is 8.00. The average Bonchev–Trinajstić information content (AvgIpc) is 2.61. The number of fused-ring (bicyclic) bond motifs is 1. The number of nitrogens with zero attached hydrogens (tertiary/aromatic N) is 1. The molecule has 4 heteroatoms. The van der Waals surface area contributed by atoms with Crippen LogP contribution in [0.2, 0.25) is 0 Å². The summed E-state index contributed by atoms with van der Waals surface area (Å²) in [7, 11) is 1.63. The molecule has 0 aliphatic heterocycles. The van der Waals surface area contributed by atoms with Gasteiger partial charge < -0.3 is 9.15 Å². The van der Waals surface area contributed by atoms with Gasteiger partial charge in [-0.15, -0.1) is 0 Å². The van der Waals surface area contributed by atoms with Crippen LogP contribution < -0.4 is 4.74 Å². The van der Waals surface area contributed by atoms with Crippen LogP contribution in [0.4, 0.5) is 0 Å². The molecule has 14 heavy (non-hydrogen) atoms. The highest BCUT2D eigenvalue weighted by Gasteiger charge is 2.09. The van der Waals surface area contributed by atoms with Crippen LogP contribution in [0.15, 0.2) is 21.0 Å². The van der Waals surface area contributed by atoms with Crippen molar-refractivity contribution in [1.82, 2.24) is 4.98 Å². The molecular formula is C10H10BrNO2. The van der Waals surface area contributed by atoms with Crippen LogP contribution in [0.25, 0.3) is 11.1 Å². The van der Waals surface area contributed by atoms with E-state index >= 15 is 0 Å². The molecule has 0 amide bonds. The zero-order valence-corrected chi connectivity index (χ0v) is 9.59. The first-order valence-electron chi connectivity index (χ1n) is 4.37. The molecule has 0 spiro atoms. The Morgan fingerprint density at radius 2 is 2.29 bits per heavy atom. The lowest BCUT2D eigenvalue weighted by Crippen LogP contribution is -1.82. The Hall–Kier alpha value is -1.03. The maximum absolute atomic E-state index is 5.53. The van der Waals surface area contributed by atoms with Gasteiger partial charge in [0.1, 0.15) is 11.3 Å². The lowest BCUT2D eigenvalue weighted by atomic mass is 10.3. The van der Waals surface area contributed by atoms with Crippen LogP contribution in [-0.2, 0) is 6.42 Å². The van der Waals surface area contributed by atoms with Crippen molar-refractivity contribution in [3.8, 4) is 5.75 Å². The largest absolute Gasteiger partial charge is 0.497 e. The number of rotatable bonds is 2. The predicted molar refractivity (Wildman–Crippen MR) is 57.6 cm³/mol. The Kier molecular flexibility index (Phi) is 2.46. The van der Waals surface area contributed by atoms with Crippen molar-refractivity contribution in [3.63, 3.8) is 0 Å². The summed E-state index contributed by atoms with van der Waals surface area (Å²) in [5.41, 5.74) is 1.61. The number of aryl methyl sites for hydroxylation is 1. The van der Waals surface area contributed by atoms with Crippen LogP contribution in [-0.4, -0.2) is 12.1 Å². The molecule has 0 bridgehead atoms. The fourth-order valence-corrected chi connectivity index (χ4v) is 1.79. The Morgan fingerprint density at radius 1 is 1.50 bits per heavy atom. The van der Waals surface area contributed by atoms with E-state index in [1.807, 2.05) is 19.1 Å². The molecule has 0 N–H and O–H groups in total. The SMILES string of the molecule is CCc1nc2cc(OC)cc(Br)c2o1. The minimum absolute atomic E-state index is 0.744. The third-order valence-corrected chi connectivity index (χ3v) is 2.59. The van der Waals surface area contributed by atoms with Crippen molar-refractivity contribution < 1.29 is 9.15 Å². The molecular weight excluding hydrogens is 246 g/mol. The van der Waals surface area contributed by atoms with E-state index in [9.17, 15) is 0 Å². The van der Waals surface area contributed by atoms with Gasteiger partial charge in [-0.05, 0) is 22.0 Å². The average molecular weight is 256 g/mol. The number of benzene rings is 1. The molecule has 0 saturated heterocycles. The highest BCUT2D eigenvalue weighted by atomic mass is 79.9. The molecule has 1 heterocycles. The molecule has 0 atom stereocenters. The second-order valence-electron chi connectivity index (χ2n) is 2.92. The topological polar surface area (TPSA) is 35.3 Å².